The van der Waals surface area contributed by atoms with Gasteiger partial charge in [0.15, 0.2) is 5.78 Å². The summed E-state index contributed by atoms with van der Waals surface area (Å²) in [6.45, 7) is 1.64. The van der Waals surface area contributed by atoms with Crippen molar-refractivity contribution in [1.82, 2.24) is 4.90 Å². The summed E-state index contributed by atoms with van der Waals surface area (Å²) in [5.41, 5.74) is 0.616. The smallest absolute Gasteiger partial charge is 0.295 e. The zero-order valence-corrected chi connectivity index (χ0v) is 11.6. The second kappa shape index (κ2) is 8.04. The second-order valence-corrected chi connectivity index (χ2v) is 4.78. The van der Waals surface area contributed by atoms with Crippen molar-refractivity contribution in [3.63, 3.8) is 0 Å². The molecule has 0 aromatic heterocycles. The van der Waals surface area contributed by atoms with Gasteiger partial charge in [0.05, 0.1) is 6.54 Å². The Hall–Kier alpha value is -1.36. The van der Waals surface area contributed by atoms with Crippen LogP contribution in [0.5, 0.6) is 0 Å². The number of hydrogen-bond donors (Lipinski definition) is 0. The zero-order chi connectivity index (χ0) is 15.0. The van der Waals surface area contributed by atoms with E-state index in [-0.39, 0.29) is 12.2 Å². The maximum absolute atomic E-state index is 12.4. The first-order valence-corrected chi connectivity index (χ1v) is 6.79. The Balaban J connectivity index is 2.38. The largest absolute Gasteiger partial charge is 0.401 e. The van der Waals surface area contributed by atoms with Gasteiger partial charge >= 0.3 is 6.18 Å². The second-order valence-electron chi connectivity index (χ2n) is 4.78. The molecular weight excluding hydrogens is 267 g/mol. The van der Waals surface area contributed by atoms with Crippen molar-refractivity contribution in [1.29, 1.82) is 0 Å². The molecule has 0 aliphatic rings. The highest BCUT2D eigenvalue weighted by atomic mass is 19.4. The number of benzene rings is 1. The van der Waals surface area contributed by atoms with Crippen molar-refractivity contribution < 1.29 is 18.0 Å². The standard InChI is InChI=1S/C15H20F3NO/c1-2-10-19(12-15(16,17)18)11-6-9-14(20)13-7-4-3-5-8-13/h3-5,7-8H,2,6,9-12H2,1H3. The van der Waals surface area contributed by atoms with Gasteiger partial charge in [-0.2, -0.15) is 13.2 Å². The van der Waals surface area contributed by atoms with E-state index in [0.717, 1.165) is 0 Å². The molecule has 0 aliphatic heterocycles. The van der Waals surface area contributed by atoms with Crippen LogP contribution in [0.1, 0.15) is 36.5 Å². The number of halogens is 3. The van der Waals surface area contributed by atoms with E-state index in [1.165, 1.54) is 4.90 Å². The fourth-order valence-corrected chi connectivity index (χ4v) is 2.07. The quantitative estimate of drug-likeness (QED) is 0.675. The van der Waals surface area contributed by atoms with Crippen molar-refractivity contribution in [2.45, 2.75) is 32.4 Å². The van der Waals surface area contributed by atoms with E-state index in [0.29, 0.717) is 31.5 Å². The van der Waals surface area contributed by atoms with Crippen molar-refractivity contribution in [2.24, 2.45) is 0 Å². The molecule has 0 atom stereocenters. The van der Waals surface area contributed by atoms with Crippen molar-refractivity contribution >= 4 is 5.78 Å². The normalized spacial score (nSPS) is 11.8. The number of carbonyl (C=O) groups is 1. The molecule has 0 bridgehead atoms. The van der Waals surface area contributed by atoms with Crippen LogP contribution in [0.4, 0.5) is 13.2 Å². The predicted molar refractivity (Wildman–Crippen MR) is 72.8 cm³/mol. The number of carbonyl (C=O) groups excluding carboxylic acids is 1. The van der Waals surface area contributed by atoms with Crippen LogP contribution >= 0.6 is 0 Å². The highest BCUT2D eigenvalue weighted by molar-refractivity contribution is 5.95. The third kappa shape index (κ3) is 6.70. The Labute approximate surface area is 117 Å². The molecule has 0 amide bonds. The SMILES string of the molecule is CCCN(CCCC(=O)c1ccccc1)CC(F)(F)F. The van der Waals surface area contributed by atoms with Crippen LogP contribution in [0, 0.1) is 0 Å². The minimum Gasteiger partial charge on any atom is -0.295 e. The molecule has 0 saturated carbocycles. The molecule has 1 rings (SSSR count). The number of nitrogens with zero attached hydrogens (tertiary/aromatic N) is 1. The molecule has 0 spiro atoms. The molecule has 5 heteroatoms. The van der Waals surface area contributed by atoms with Crippen LogP contribution in [0.25, 0.3) is 0 Å². The molecule has 112 valence electrons. The third-order valence-electron chi connectivity index (χ3n) is 2.92. The van der Waals surface area contributed by atoms with Crippen LogP contribution in [0.2, 0.25) is 0 Å². The monoisotopic (exact) mass is 287 g/mol. The Morgan fingerprint density at radius 1 is 1.15 bits per heavy atom. The van der Waals surface area contributed by atoms with Gasteiger partial charge in [-0.25, -0.2) is 0 Å². The van der Waals surface area contributed by atoms with Crippen molar-refractivity contribution in [3.8, 4) is 0 Å². The van der Waals surface area contributed by atoms with Gasteiger partial charge in [-0.05, 0) is 25.9 Å². The van der Waals surface area contributed by atoms with Gasteiger partial charge in [-0.15, -0.1) is 0 Å². The molecule has 0 saturated heterocycles. The molecule has 1 aromatic carbocycles. The van der Waals surface area contributed by atoms with Crippen LogP contribution < -0.4 is 0 Å². The van der Waals surface area contributed by atoms with E-state index in [9.17, 15) is 18.0 Å². The van der Waals surface area contributed by atoms with Crippen molar-refractivity contribution in [2.75, 3.05) is 19.6 Å². The maximum Gasteiger partial charge on any atom is 0.401 e. The number of Topliss-reactive ketones (excluding diaryl/α,β-unsaturated/α-hetero) is 1. The Bertz CT molecular complexity index is 403. The molecule has 20 heavy (non-hydrogen) atoms. The molecule has 2 nitrogen and oxygen atoms in total. The summed E-state index contributed by atoms with van der Waals surface area (Å²) in [6.07, 6.45) is -2.78. The van der Waals surface area contributed by atoms with Crippen LogP contribution in [0.3, 0.4) is 0 Å². The highest BCUT2D eigenvalue weighted by Crippen LogP contribution is 2.17. The minimum atomic E-state index is -4.18. The lowest BCUT2D eigenvalue weighted by molar-refractivity contribution is -0.146. The predicted octanol–water partition coefficient (Wildman–Crippen LogP) is 3.92. The summed E-state index contributed by atoms with van der Waals surface area (Å²) >= 11 is 0. The first-order valence-electron chi connectivity index (χ1n) is 6.79. The highest BCUT2D eigenvalue weighted by Gasteiger charge is 2.30. The first-order chi connectivity index (χ1) is 9.42. The molecule has 1 aromatic rings. The van der Waals surface area contributed by atoms with E-state index in [2.05, 4.69) is 0 Å². The lowest BCUT2D eigenvalue weighted by Crippen LogP contribution is -2.35. The summed E-state index contributed by atoms with van der Waals surface area (Å²) in [5.74, 6) is -0.0194. The summed E-state index contributed by atoms with van der Waals surface area (Å²) in [5, 5.41) is 0. The van der Waals surface area contributed by atoms with Crippen LogP contribution in [-0.4, -0.2) is 36.5 Å². The van der Waals surface area contributed by atoms with E-state index in [4.69, 9.17) is 0 Å². The third-order valence-corrected chi connectivity index (χ3v) is 2.92. The first kappa shape index (κ1) is 16.7. The number of ketones is 1. The minimum absolute atomic E-state index is 0.0194. The molecule has 0 heterocycles. The molecule has 0 fully saturated rings. The summed E-state index contributed by atoms with van der Waals surface area (Å²) in [7, 11) is 0. The Morgan fingerprint density at radius 2 is 1.80 bits per heavy atom. The van der Waals surface area contributed by atoms with E-state index in [1.54, 1.807) is 24.3 Å². The van der Waals surface area contributed by atoms with E-state index >= 15 is 0 Å². The van der Waals surface area contributed by atoms with Gasteiger partial charge in [0.25, 0.3) is 0 Å². The lowest BCUT2D eigenvalue weighted by atomic mass is 10.1. The molecule has 0 unspecified atom stereocenters. The molecule has 0 aliphatic carbocycles. The van der Waals surface area contributed by atoms with Gasteiger partial charge in [0, 0.05) is 12.0 Å². The van der Waals surface area contributed by atoms with Gasteiger partial charge < -0.3 is 0 Å². The summed E-state index contributed by atoms with van der Waals surface area (Å²) in [6, 6.07) is 8.83. The molecule has 0 N–H and O–H groups in total. The number of rotatable bonds is 8. The van der Waals surface area contributed by atoms with Crippen LogP contribution in [-0.2, 0) is 0 Å². The Morgan fingerprint density at radius 3 is 2.35 bits per heavy atom. The average Bonchev–Trinajstić information content (AvgIpc) is 2.38. The fraction of sp³-hybridized carbons (Fsp3) is 0.533. The number of hydrogen-bond acceptors (Lipinski definition) is 2. The fourth-order valence-electron chi connectivity index (χ4n) is 2.07. The average molecular weight is 287 g/mol. The summed E-state index contributed by atoms with van der Waals surface area (Å²) < 4.78 is 37.1. The summed E-state index contributed by atoms with van der Waals surface area (Å²) in [4.78, 5) is 13.2. The number of alkyl halides is 3. The topological polar surface area (TPSA) is 20.3 Å². The van der Waals surface area contributed by atoms with Gasteiger partial charge in [-0.3, -0.25) is 9.69 Å². The van der Waals surface area contributed by atoms with Crippen LogP contribution in [0.15, 0.2) is 30.3 Å². The molecular formula is C15H20F3NO. The Kier molecular flexibility index (Phi) is 6.71. The van der Waals surface area contributed by atoms with Gasteiger partial charge in [0.2, 0.25) is 0 Å². The van der Waals surface area contributed by atoms with E-state index < -0.39 is 12.7 Å². The van der Waals surface area contributed by atoms with Gasteiger partial charge in [-0.1, -0.05) is 37.3 Å². The van der Waals surface area contributed by atoms with Gasteiger partial charge in [0.1, 0.15) is 0 Å². The molecule has 0 radical (unpaired) electrons. The maximum atomic E-state index is 12.4. The lowest BCUT2D eigenvalue weighted by Gasteiger charge is -2.22. The zero-order valence-electron chi connectivity index (χ0n) is 11.6. The van der Waals surface area contributed by atoms with Crippen molar-refractivity contribution in [3.05, 3.63) is 35.9 Å². The van der Waals surface area contributed by atoms with E-state index in [1.807, 2.05) is 13.0 Å².